The van der Waals surface area contributed by atoms with Gasteiger partial charge in [0.05, 0.1) is 6.54 Å². The summed E-state index contributed by atoms with van der Waals surface area (Å²) in [5, 5.41) is 8.66. The number of carbonyl (C=O) groups is 2. The fourth-order valence-corrected chi connectivity index (χ4v) is 2.69. The zero-order valence-electron chi connectivity index (χ0n) is 15.6. The van der Waals surface area contributed by atoms with Crippen molar-refractivity contribution in [1.29, 1.82) is 0 Å². The summed E-state index contributed by atoms with van der Waals surface area (Å²) in [5.74, 6) is -0.0614. The number of nitrogens with one attached hydrogen (secondary N) is 3. The van der Waals surface area contributed by atoms with E-state index in [1.165, 1.54) is 0 Å². The normalized spacial score (nSPS) is 15.0. The lowest BCUT2D eigenvalue weighted by Crippen LogP contribution is -2.55. The summed E-state index contributed by atoms with van der Waals surface area (Å²) in [7, 11) is 1.74. The van der Waals surface area contributed by atoms with Gasteiger partial charge in [-0.3, -0.25) is 4.79 Å². The zero-order valence-corrected chi connectivity index (χ0v) is 15.6. The smallest absolute Gasteiger partial charge is 0.317 e. The van der Waals surface area contributed by atoms with E-state index in [1.54, 1.807) is 7.05 Å². The molecule has 1 saturated heterocycles. The van der Waals surface area contributed by atoms with Crippen molar-refractivity contribution >= 4 is 23.3 Å². The highest BCUT2D eigenvalue weighted by atomic mass is 16.2. The molecule has 1 heterocycles. The van der Waals surface area contributed by atoms with Crippen LogP contribution in [0.25, 0.3) is 0 Å². The Morgan fingerprint density at radius 2 is 1.64 bits per heavy atom. The van der Waals surface area contributed by atoms with E-state index in [2.05, 4.69) is 20.9 Å². The molecule has 0 unspecified atom stereocenters. The number of likely N-dealkylation sites (N-methyl/N-ethyl adjacent to an activating group) is 1. The third kappa shape index (κ3) is 5.94. The van der Waals surface area contributed by atoms with E-state index in [1.807, 2.05) is 49.9 Å². The van der Waals surface area contributed by atoms with Gasteiger partial charge in [0, 0.05) is 43.1 Å². The second kappa shape index (κ2) is 8.20. The number of anilines is 2. The molecule has 25 heavy (non-hydrogen) atoms. The molecule has 2 rings (SSSR count). The highest BCUT2D eigenvalue weighted by Gasteiger charge is 2.24. The number of rotatable bonds is 4. The maximum atomic E-state index is 12.2. The Bertz CT molecular complexity index is 586. The summed E-state index contributed by atoms with van der Waals surface area (Å²) >= 11 is 0. The average Bonchev–Trinajstić information content (AvgIpc) is 2.54. The first-order chi connectivity index (χ1) is 11.8. The van der Waals surface area contributed by atoms with E-state index < -0.39 is 0 Å². The third-order valence-corrected chi connectivity index (χ3v) is 3.90. The van der Waals surface area contributed by atoms with Crippen molar-refractivity contribution in [1.82, 2.24) is 15.5 Å². The summed E-state index contributed by atoms with van der Waals surface area (Å²) in [4.78, 5) is 27.9. The lowest BCUT2D eigenvalue weighted by molar-refractivity contribution is -0.115. The number of benzene rings is 1. The Kier molecular flexibility index (Phi) is 6.25. The third-order valence-electron chi connectivity index (χ3n) is 3.90. The molecule has 7 nitrogen and oxygen atoms in total. The van der Waals surface area contributed by atoms with Crippen molar-refractivity contribution in [3.05, 3.63) is 24.3 Å². The first-order valence-corrected chi connectivity index (χ1v) is 8.65. The fraction of sp³-hybridized carbons (Fsp3) is 0.556. The van der Waals surface area contributed by atoms with E-state index in [0.717, 1.165) is 24.5 Å². The van der Waals surface area contributed by atoms with Gasteiger partial charge < -0.3 is 25.8 Å². The van der Waals surface area contributed by atoms with Gasteiger partial charge in [0.1, 0.15) is 0 Å². The van der Waals surface area contributed by atoms with Gasteiger partial charge in [-0.25, -0.2) is 4.79 Å². The van der Waals surface area contributed by atoms with E-state index >= 15 is 0 Å². The molecular weight excluding hydrogens is 318 g/mol. The fourth-order valence-electron chi connectivity index (χ4n) is 2.69. The quantitative estimate of drug-likeness (QED) is 0.771. The number of carbonyl (C=O) groups excluding carboxylic acids is 2. The van der Waals surface area contributed by atoms with E-state index in [-0.39, 0.29) is 17.5 Å². The van der Waals surface area contributed by atoms with E-state index in [9.17, 15) is 9.59 Å². The highest BCUT2D eigenvalue weighted by molar-refractivity contribution is 5.92. The molecule has 0 radical (unpaired) electrons. The number of piperazine rings is 1. The van der Waals surface area contributed by atoms with Gasteiger partial charge in [-0.1, -0.05) is 0 Å². The number of hydrogen-bond donors (Lipinski definition) is 3. The minimum Gasteiger partial charge on any atom is -0.368 e. The topological polar surface area (TPSA) is 76.7 Å². The van der Waals surface area contributed by atoms with Gasteiger partial charge in [0.25, 0.3) is 0 Å². The lowest BCUT2D eigenvalue weighted by atomic mass is 10.1. The molecular formula is C18H29N5O2. The van der Waals surface area contributed by atoms with Crippen molar-refractivity contribution in [3.8, 4) is 0 Å². The number of hydrogen-bond acceptors (Lipinski definition) is 4. The Hall–Kier alpha value is -2.28. The number of nitrogens with zero attached hydrogens (tertiary/aromatic N) is 2. The van der Waals surface area contributed by atoms with Crippen LogP contribution in [-0.2, 0) is 4.79 Å². The first-order valence-electron chi connectivity index (χ1n) is 8.65. The molecule has 1 aliphatic rings. The highest BCUT2D eigenvalue weighted by Crippen LogP contribution is 2.19. The summed E-state index contributed by atoms with van der Waals surface area (Å²) in [5.41, 5.74) is 1.66. The van der Waals surface area contributed by atoms with Crippen molar-refractivity contribution in [2.45, 2.75) is 26.3 Å². The van der Waals surface area contributed by atoms with Crippen LogP contribution in [0.4, 0.5) is 16.2 Å². The van der Waals surface area contributed by atoms with Crippen LogP contribution in [0.5, 0.6) is 0 Å². The largest absolute Gasteiger partial charge is 0.368 e. The lowest BCUT2D eigenvalue weighted by Gasteiger charge is -2.37. The molecule has 0 saturated carbocycles. The van der Waals surface area contributed by atoms with Crippen LogP contribution < -0.4 is 20.9 Å². The van der Waals surface area contributed by atoms with Gasteiger partial charge in [0.15, 0.2) is 0 Å². The SMILES string of the molecule is CNCC(=O)Nc1ccc(N2CCN(C(=O)NC(C)(C)C)CC2)cc1. The van der Waals surface area contributed by atoms with Crippen molar-refractivity contribution < 1.29 is 9.59 Å². The molecule has 138 valence electrons. The maximum Gasteiger partial charge on any atom is 0.317 e. The van der Waals surface area contributed by atoms with E-state index in [0.29, 0.717) is 19.6 Å². The average molecular weight is 347 g/mol. The second-order valence-electron chi connectivity index (χ2n) is 7.28. The molecule has 1 aromatic carbocycles. The molecule has 3 N–H and O–H groups in total. The van der Waals surface area contributed by atoms with Crippen LogP contribution >= 0.6 is 0 Å². The monoisotopic (exact) mass is 347 g/mol. The van der Waals surface area contributed by atoms with Crippen molar-refractivity contribution in [2.75, 3.05) is 50.0 Å². The molecule has 0 bridgehead atoms. The van der Waals surface area contributed by atoms with Gasteiger partial charge in [-0.15, -0.1) is 0 Å². The Labute approximate surface area is 149 Å². The Morgan fingerprint density at radius 3 is 2.16 bits per heavy atom. The maximum absolute atomic E-state index is 12.2. The summed E-state index contributed by atoms with van der Waals surface area (Å²) < 4.78 is 0. The summed E-state index contributed by atoms with van der Waals surface area (Å²) in [6.07, 6.45) is 0. The van der Waals surface area contributed by atoms with Crippen LogP contribution in [0.15, 0.2) is 24.3 Å². The summed E-state index contributed by atoms with van der Waals surface area (Å²) in [6, 6.07) is 7.80. The zero-order chi connectivity index (χ0) is 18.4. The molecule has 0 atom stereocenters. The van der Waals surface area contributed by atoms with Gasteiger partial charge in [-0.2, -0.15) is 0 Å². The van der Waals surface area contributed by atoms with Gasteiger partial charge in [0.2, 0.25) is 5.91 Å². The Balaban J connectivity index is 1.86. The van der Waals surface area contributed by atoms with Crippen LogP contribution in [0.1, 0.15) is 20.8 Å². The number of amides is 3. The molecule has 1 aromatic rings. The van der Waals surface area contributed by atoms with Crippen LogP contribution in [0.2, 0.25) is 0 Å². The van der Waals surface area contributed by atoms with Crippen LogP contribution in [-0.4, -0.2) is 62.1 Å². The predicted octanol–water partition coefficient (Wildman–Crippen LogP) is 1.47. The molecule has 7 heteroatoms. The second-order valence-corrected chi connectivity index (χ2v) is 7.28. The van der Waals surface area contributed by atoms with E-state index in [4.69, 9.17) is 0 Å². The van der Waals surface area contributed by atoms with Crippen molar-refractivity contribution in [2.24, 2.45) is 0 Å². The molecule has 1 fully saturated rings. The molecule has 1 aliphatic heterocycles. The molecule has 0 aliphatic carbocycles. The van der Waals surface area contributed by atoms with Gasteiger partial charge in [-0.05, 0) is 52.1 Å². The minimum absolute atomic E-state index is 0.00487. The van der Waals surface area contributed by atoms with Crippen LogP contribution in [0.3, 0.4) is 0 Å². The standard InChI is InChI=1S/C18H29N5O2/c1-18(2,3)21-17(25)23-11-9-22(10-12-23)15-7-5-14(6-8-15)20-16(24)13-19-4/h5-8,19H,9-13H2,1-4H3,(H,20,24)(H,21,25). The minimum atomic E-state index is -0.220. The first kappa shape index (κ1) is 19.1. The van der Waals surface area contributed by atoms with Crippen molar-refractivity contribution in [3.63, 3.8) is 0 Å². The Morgan fingerprint density at radius 1 is 1.04 bits per heavy atom. The molecule has 3 amide bonds. The molecule has 0 aromatic heterocycles. The predicted molar refractivity (Wildman–Crippen MR) is 101 cm³/mol. The number of urea groups is 1. The van der Waals surface area contributed by atoms with Crippen LogP contribution in [0, 0.1) is 0 Å². The van der Waals surface area contributed by atoms with Gasteiger partial charge >= 0.3 is 6.03 Å². The molecule has 0 spiro atoms. The summed E-state index contributed by atoms with van der Waals surface area (Å²) in [6.45, 7) is 9.23.